The Morgan fingerprint density at radius 1 is 1.11 bits per heavy atom. The molecule has 0 bridgehead atoms. The van der Waals surface area contributed by atoms with Crippen molar-refractivity contribution in [1.82, 2.24) is 15.1 Å². The van der Waals surface area contributed by atoms with Crippen molar-refractivity contribution in [2.75, 3.05) is 31.3 Å². The summed E-state index contributed by atoms with van der Waals surface area (Å²) < 4.78 is 5.09. The van der Waals surface area contributed by atoms with Crippen molar-refractivity contribution in [3.8, 4) is 0 Å². The van der Waals surface area contributed by atoms with Gasteiger partial charge in [-0.05, 0) is 50.8 Å². The molecule has 0 fully saturated rings. The third kappa shape index (κ3) is 4.81. The maximum atomic E-state index is 12.7. The second kappa shape index (κ2) is 8.77. The number of hydrogen-bond donors (Lipinski definition) is 2. The van der Waals surface area contributed by atoms with Gasteiger partial charge in [-0.3, -0.25) is 14.9 Å². The van der Waals surface area contributed by atoms with Crippen LogP contribution in [0.5, 0.6) is 0 Å². The molecule has 0 atom stereocenters. The smallest absolute Gasteiger partial charge is 0.291 e. The third-order valence-electron chi connectivity index (χ3n) is 4.03. The summed E-state index contributed by atoms with van der Waals surface area (Å²) >= 11 is 1.35. The average molecular weight is 399 g/mol. The molecule has 2 amide bonds. The summed E-state index contributed by atoms with van der Waals surface area (Å²) in [6.07, 6.45) is 2.20. The highest BCUT2D eigenvalue weighted by Gasteiger charge is 2.16. The number of furan rings is 1. The number of rotatable bonds is 7. The Labute approximate surface area is 166 Å². The lowest BCUT2D eigenvalue weighted by Crippen LogP contribution is -2.16. The lowest BCUT2D eigenvalue weighted by atomic mass is 10.1. The summed E-state index contributed by atoms with van der Waals surface area (Å²) in [5.41, 5.74) is 1.64. The van der Waals surface area contributed by atoms with Gasteiger partial charge in [0.05, 0.1) is 6.26 Å². The topological polar surface area (TPSA) is 100 Å². The third-order valence-corrected chi connectivity index (χ3v) is 4.93. The highest BCUT2D eigenvalue weighted by Crippen LogP contribution is 2.22. The lowest BCUT2D eigenvalue weighted by molar-refractivity contribution is 0.0993. The van der Waals surface area contributed by atoms with Crippen molar-refractivity contribution in [3.05, 3.63) is 58.5 Å². The van der Waals surface area contributed by atoms with E-state index < -0.39 is 0 Å². The molecule has 3 aromatic rings. The van der Waals surface area contributed by atoms with Gasteiger partial charge in [0, 0.05) is 24.2 Å². The van der Waals surface area contributed by atoms with Gasteiger partial charge < -0.3 is 14.6 Å². The first kappa shape index (κ1) is 19.7. The molecule has 0 aliphatic heterocycles. The van der Waals surface area contributed by atoms with Crippen molar-refractivity contribution in [2.45, 2.75) is 13.3 Å². The molecule has 2 N–H and O–H groups in total. The fourth-order valence-corrected chi connectivity index (χ4v) is 3.22. The number of amides is 2. The second-order valence-electron chi connectivity index (χ2n) is 6.42. The number of aromatic nitrogens is 2. The zero-order valence-electron chi connectivity index (χ0n) is 15.9. The SMILES string of the molecule is Cc1c(NC(=O)c2ccco2)cccc1C(=O)Nc1nnc(CCN(C)C)s1. The van der Waals surface area contributed by atoms with E-state index >= 15 is 0 Å². The average Bonchev–Trinajstić information content (AvgIpc) is 3.33. The molecule has 2 heterocycles. The van der Waals surface area contributed by atoms with E-state index in [1.54, 1.807) is 37.3 Å². The van der Waals surface area contributed by atoms with Gasteiger partial charge in [-0.2, -0.15) is 0 Å². The van der Waals surface area contributed by atoms with E-state index in [-0.39, 0.29) is 17.6 Å². The van der Waals surface area contributed by atoms with Gasteiger partial charge in [0.2, 0.25) is 5.13 Å². The highest BCUT2D eigenvalue weighted by atomic mass is 32.1. The predicted molar refractivity (Wildman–Crippen MR) is 108 cm³/mol. The molecule has 0 radical (unpaired) electrons. The van der Waals surface area contributed by atoms with Gasteiger partial charge >= 0.3 is 0 Å². The quantitative estimate of drug-likeness (QED) is 0.633. The highest BCUT2D eigenvalue weighted by molar-refractivity contribution is 7.15. The molecule has 0 saturated heterocycles. The van der Waals surface area contributed by atoms with Crippen LogP contribution in [0.1, 0.15) is 31.5 Å². The molecule has 2 aromatic heterocycles. The van der Waals surface area contributed by atoms with Gasteiger partial charge in [0.25, 0.3) is 11.8 Å². The van der Waals surface area contributed by atoms with E-state index in [2.05, 4.69) is 25.7 Å². The minimum absolute atomic E-state index is 0.202. The zero-order chi connectivity index (χ0) is 20.1. The Morgan fingerprint density at radius 3 is 2.64 bits per heavy atom. The maximum Gasteiger partial charge on any atom is 0.291 e. The molecule has 0 aliphatic rings. The van der Waals surface area contributed by atoms with Crippen molar-refractivity contribution >= 4 is 34.0 Å². The van der Waals surface area contributed by atoms with Crippen molar-refractivity contribution in [1.29, 1.82) is 0 Å². The van der Waals surface area contributed by atoms with Crippen LogP contribution in [-0.2, 0) is 6.42 Å². The van der Waals surface area contributed by atoms with Crippen molar-refractivity contribution in [3.63, 3.8) is 0 Å². The Kier molecular flexibility index (Phi) is 6.17. The molecule has 8 nitrogen and oxygen atoms in total. The van der Waals surface area contributed by atoms with Gasteiger partial charge in [-0.1, -0.05) is 17.4 Å². The first-order chi connectivity index (χ1) is 13.4. The van der Waals surface area contributed by atoms with E-state index in [1.165, 1.54) is 17.6 Å². The molecule has 0 aliphatic carbocycles. The second-order valence-corrected chi connectivity index (χ2v) is 7.48. The number of benzene rings is 1. The monoisotopic (exact) mass is 399 g/mol. The molecular weight excluding hydrogens is 378 g/mol. The van der Waals surface area contributed by atoms with E-state index in [9.17, 15) is 9.59 Å². The lowest BCUT2D eigenvalue weighted by Gasteiger charge is -2.11. The zero-order valence-corrected chi connectivity index (χ0v) is 16.7. The van der Waals surface area contributed by atoms with Crippen molar-refractivity contribution < 1.29 is 14.0 Å². The standard InChI is InChI=1S/C19H21N5O3S/c1-12-13(6-4-7-14(12)20-18(26)15-8-5-11-27-15)17(25)21-19-23-22-16(28-19)9-10-24(2)3/h4-8,11H,9-10H2,1-3H3,(H,20,26)(H,21,23,25). The van der Waals surface area contributed by atoms with Crippen molar-refractivity contribution in [2.24, 2.45) is 0 Å². The van der Waals surface area contributed by atoms with Crippen LogP contribution < -0.4 is 10.6 Å². The summed E-state index contributed by atoms with van der Waals surface area (Å²) in [6, 6.07) is 8.35. The fourth-order valence-electron chi connectivity index (χ4n) is 2.50. The Bertz CT molecular complexity index is 966. The van der Waals surface area contributed by atoms with Crippen LogP contribution >= 0.6 is 11.3 Å². The number of nitrogens with zero attached hydrogens (tertiary/aromatic N) is 3. The fraction of sp³-hybridized carbons (Fsp3) is 0.263. The van der Waals surface area contributed by atoms with Crippen LogP contribution in [0.15, 0.2) is 41.0 Å². The molecule has 3 rings (SSSR count). The first-order valence-electron chi connectivity index (χ1n) is 8.67. The first-order valence-corrected chi connectivity index (χ1v) is 9.48. The summed E-state index contributed by atoms with van der Waals surface area (Å²) in [7, 11) is 3.98. The van der Waals surface area contributed by atoms with Crippen LogP contribution in [0.4, 0.5) is 10.8 Å². The van der Waals surface area contributed by atoms with Gasteiger partial charge in [-0.15, -0.1) is 10.2 Å². The largest absolute Gasteiger partial charge is 0.459 e. The normalized spacial score (nSPS) is 10.9. The maximum absolute atomic E-state index is 12.7. The van der Waals surface area contributed by atoms with Gasteiger partial charge in [0.1, 0.15) is 5.01 Å². The van der Waals surface area contributed by atoms with Crippen LogP contribution in [0.3, 0.4) is 0 Å². The van der Waals surface area contributed by atoms with Crippen LogP contribution in [0.25, 0.3) is 0 Å². The molecule has 0 unspecified atom stereocenters. The summed E-state index contributed by atoms with van der Waals surface area (Å²) in [4.78, 5) is 26.9. The van der Waals surface area contributed by atoms with Gasteiger partial charge in [0.15, 0.2) is 5.76 Å². The number of carbonyl (C=O) groups excluding carboxylic acids is 2. The Balaban J connectivity index is 1.69. The molecule has 0 spiro atoms. The van der Waals surface area contributed by atoms with Crippen LogP contribution in [-0.4, -0.2) is 47.6 Å². The number of nitrogens with one attached hydrogen (secondary N) is 2. The molecule has 1 aromatic carbocycles. The molecule has 146 valence electrons. The Morgan fingerprint density at radius 2 is 1.93 bits per heavy atom. The van der Waals surface area contributed by atoms with Gasteiger partial charge in [-0.25, -0.2) is 0 Å². The summed E-state index contributed by atoms with van der Waals surface area (Å²) in [5.74, 6) is -0.476. The number of likely N-dealkylation sites (N-methyl/N-ethyl adjacent to an activating group) is 1. The van der Waals surface area contributed by atoms with Crippen LogP contribution in [0, 0.1) is 6.92 Å². The predicted octanol–water partition coefficient (Wildman–Crippen LogP) is 3.05. The number of carbonyl (C=O) groups is 2. The molecule has 28 heavy (non-hydrogen) atoms. The van der Waals surface area contributed by atoms with E-state index in [4.69, 9.17) is 4.42 Å². The van der Waals surface area contributed by atoms with E-state index in [0.717, 1.165) is 18.0 Å². The molecule has 9 heteroatoms. The van der Waals surface area contributed by atoms with Crippen LogP contribution in [0.2, 0.25) is 0 Å². The van der Waals surface area contributed by atoms with E-state index in [1.807, 2.05) is 14.1 Å². The number of anilines is 2. The molecular formula is C19H21N5O3S. The van der Waals surface area contributed by atoms with E-state index in [0.29, 0.717) is 21.9 Å². The summed E-state index contributed by atoms with van der Waals surface area (Å²) in [5, 5.41) is 15.0. The number of hydrogen-bond acceptors (Lipinski definition) is 7. The minimum atomic E-state index is -0.375. The Hall–Kier alpha value is -3.04. The summed E-state index contributed by atoms with van der Waals surface area (Å²) in [6.45, 7) is 2.63. The minimum Gasteiger partial charge on any atom is -0.459 e. The molecule has 0 saturated carbocycles.